The van der Waals surface area contributed by atoms with Gasteiger partial charge in [0, 0.05) is 23.7 Å². The number of ether oxygens (including phenoxy) is 1. The molecule has 36 heavy (non-hydrogen) atoms. The molecular weight excluding hydrogens is 593 g/mol. The third-order valence-corrected chi connectivity index (χ3v) is 6.38. The lowest BCUT2D eigenvalue weighted by Crippen LogP contribution is -2.50. The van der Waals surface area contributed by atoms with Gasteiger partial charge in [0.1, 0.15) is 11.4 Å². The number of rotatable bonds is 4. The monoisotopic (exact) mass is 621 g/mol. The van der Waals surface area contributed by atoms with E-state index in [2.05, 4.69) is 5.32 Å². The molecule has 0 spiro atoms. The van der Waals surface area contributed by atoms with Crippen molar-refractivity contribution in [2.75, 3.05) is 30.4 Å². The Morgan fingerprint density at radius 3 is 2.47 bits per heavy atom. The number of hydrogen-bond donors (Lipinski definition) is 1. The van der Waals surface area contributed by atoms with Crippen LogP contribution in [-0.2, 0) is 10.9 Å². The Morgan fingerprint density at radius 2 is 1.83 bits per heavy atom. The summed E-state index contributed by atoms with van der Waals surface area (Å²) in [5, 5.41) is 2.47. The van der Waals surface area contributed by atoms with E-state index in [1.807, 2.05) is 27.5 Å². The molecule has 6 nitrogen and oxygen atoms in total. The number of halogens is 5. The number of amides is 2. The van der Waals surface area contributed by atoms with Gasteiger partial charge in [0.2, 0.25) is 0 Å². The van der Waals surface area contributed by atoms with Gasteiger partial charge in [-0.2, -0.15) is 13.2 Å². The number of anilines is 2. The number of carbonyl (C=O) groups excluding carboxylic acids is 2. The molecule has 1 saturated heterocycles. The predicted octanol–water partition coefficient (Wildman–Crippen LogP) is 6.54. The van der Waals surface area contributed by atoms with Crippen molar-refractivity contribution in [3.8, 4) is 0 Å². The SMILES string of the molecule is CN(C(=O)OC(C)(C)C)C1CCCN(c2ccc(C(F)(F)F)cc2NC(=O)c2cc(I)ccc2F)C1. The van der Waals surface area contributed by atoms with Gasteiger partial charge in [-0.3, -0.25) is 4.79 Å². The minimum absolute atomic E-state index is 0.0892. The lowest BCUT2D eigenvalue weighted by Gasteiger charge is -2.39. The highest BCUT2D eigenvalue weighted by molar-refractivity contribution is 14.1. The molecule has 1 aliphatic heterocycles. The number of hydrogen-bond acceptors (Lipinski definition) is 4. The zero-order valence-corrected chi connectivity index (χ0v) is 22.5. The third kappa shape index (κ3) is 7.01. The minimum Gasteiger partial charge on any atom is -0.444 e. The molecule has 1 atom stereocenters. The van der Waals surface area contributed by atoms with E-state index in [0.717, 1.165) is 18.2 Å². The number of likely N-dealkylation sites (N-methyl/N-ethyl adjacent to an activating group) is 1. The van der Waals surface area contributed by atoms with Crippen LogP contribution >= 0.6 is 22.6 Å². The van der Waals surface area contributed by atoms with Gasteiger partial charge in [0.15, 0.2) is 0 Å². The van der Waals surface area contributed by atoms with Gasteiger partial charge >= 0.3 is 12.3 Å². The van der Waals surface area contributed by atoms with E-state index in [0.29, 0.717) is 35.2 Å². The Bertz CT molecular complexity index is 1130. The number of nitrogens with one attached hydrogen (secondary N) is 1. The second kappa shape index (κ2) is 10.8. The van der Waals surface area contributed by atoms with Crippen LogP contribution in [0.25, 0.3) is 0 Å². The summed E-state index contributed by atoms with van der Waals surface area (Å²) in [6.07, 6.45) is -3.78. The fourth-order valence-corrected chi connectivity index (χ4v) is 4.41. The van der Waals surface area contributed by atoms with E-state index < -0.39 is 35.2 Å². The first-order chi connectivity index (χ1) is 16.7. The lowest BCUT2D eigenvalue weighted by atomic mass is 10.0. The van der Waals surface area contributed by atoms with Crippen LogP contribution < -0.4 is 10.2 Å². The number of carbonyl (C=O) groups is 2. The number of piperidine rings is 1. The van der Waals surface area contributed by atoms with Crippen LogP contribution in [0.1, 0.15) is 49.5 Å². The van der Waals surface area contributed by atoms with Crippen LogP contribution in [-0.4, -0.2) is 48.7 Å². The van der Waals surface area contributed by atoms with Crippen molar-refractivity contribution in [3.05, 3.63) is 56.9 Å². The molecule has 1 N–H and O–H groups in total. The van der Waals surface area contributed by atoms with Gasteiger partial charge in [-0.05, 0) is 92.6 Å². The van der Waals surface area contributed by atoms with E-state index in [9.17, 15) is 27.2 Å². The predicted molar refractivity (Wildman–Crippen MR) is 138 cm³/mol. The molecule has 0 aromatic heterocycles. The summed E-state index contributed by atoms with van der Waals surface area (Å²) in [4.78, 5) is 28.7. The summed E-state index contributed by atoms with van der Waals surface area (Å²) in [5.41, 5.74) is -1.62. The van der Waals surface area contributed by atoms with E-state index >= 15 is 0 Å². The van der Waals surface area contributed by atoms with Crippen molar-refractivity contribution in [2.45, 2.75) is 51.4 Å². The molecule has 0 saturated carbocycles. The third-order valence-electron chi connectivity index (χ3n) is 5.71. The standard InChI is InChI=1S/C25H28F4IN3O3/c1-24(2,3)36-23(35)32(4)17-6-5-11-33(14-17)21-10-7-15(25(27,28)29)12-20(21)31-22(34)18-13-16(30)8-9-19(18)26/h7-10,12-13,17H,5-6,11,14H2,1-4H3,(H,31,34). The zero-order chi connectivity index (χ0) is 26.8. The first-order valence-electron chi connectivity index (χ1n) is 11.3. The van der Waals surface area contributed by atoms with Crippen LogP contribution in [0.2, 0.25) is 0 Å². The summed E-state index contributed by atoms with van der Waals surface area (Å²) in [6.45, 7) is 6.12. The molecule has 196 valence electrons. The average Bonchev–Trinajstić information content (AvgIpc) is 2.78. The number of alkyl halides is 3. The Labute approximate surface area is 221 Å². The first-order valence-corrected chi connectivity index (χ1v) is 12.4. The van der Waals surface area contributed by atoms with Gasteiger partial charge in [-0.25, -0.2) is 9.18 Å². The van der Waals surface area contributed by atoms with Gasteiger partial charge < -0.3 is 19.9 Å². The highest BCUT2D eigenvalue weighted by Gasteiger charge is 2.34. The molecule has 2 aromatic rings. The topological polar surface area (TPSA) is 61.9 Å². The highest BCUT2D eigenvalue weighted by Crippen LogP contribution is 2.37. The summed E-state index contributed by atoms with van der Waals surface area (Å²) in [6, 6.07) is 6.76. The van der Waals surface area contributed by atoms with E-state index in [4.69, 9.17) is 4.74 Å². The molecule has 1 unspecified atom stereocenters. The normalized spacial score (nSPS) is 16.5. The Hall–Kier alpha value is -2.57. The van der Waals surface area contributed by atoms with E-state index in [1.165, 1.54) is 23.1 Å². The quantitative estimate of drug-likeness (QED) is 0.312. The molecule has 2 amide bonds. The van der Waals surface area contributed by atoms with Crippen molar-refractivity contribution < 1.29 is 31.9 Å². The van der Waals surface area contributed by atoms with Crippen molar-refractivity contribution in [3.63, 3.8) is 0 Å². The van der Waals surface area contributed by atoms with Crippen molar-refractivity contribution in [1.82, 2.24) is 4.90 Å². The van der Waals surface area contributed by atoms with Crippen LogP contribution in [0.4, 0.5) is 33.7 Å². The molecule has 0 aliphatic carbocycles. The fraction of sp³-hybridized carbons (Fsp3) is 0.440. The zero-order valence-electron chi connectivity index (χ0n) is 20.4. The van der Waals surface area contributed by atoms with Crippen LogP contribution in [0, 0.1) is 9.39 Å². The molecule has 1 fully saturated rings. The maximum absolute atomic E-state index is 14.3. The summed E-state index contributed by atoms with van der Waals surface area (Å²) in [5.74, 6) is -1.63. The smallest absolute Gasteiger partial charge is 0.416 e. The maximum Gasteiger partial charge on any atom is 0.416 e. The Balaban J connectivity index is 1.91. The summed E-state index contributed by atoms with van der Waals surface area (Å²) >= 11 is 1.92. The summed E-state index contributed by atoms with van der Waals surface area (Å²) < 4.78 is 60.7. The molecule has 1 heterocycles. The fourth-order valence-electron chi connectivity index (χ4n) is 3.92. The molecular formula is C25H28F4IN3O3. The minimum atomic E-state index is -4.63. The Kier molecular flexibility index (Phi) is 8.41. The van der Waals surface area contributed by atoms with Crippen molar-refractivity contribution in [1.29, 1.82) is 0 Å². The number of benzene rings is 2. The maximum atomic E-state index is 14.3. The molecule has 0 bridgehead atoms. The van der Waals surface area contributed by atoms with Crippen LogP contribution in [0.15, 0.2) is 36.4 Å². The van der Waals surface area contributed by atoms with Gasteiger partial charge in [-0.1, -0.05) is 0 Å². The highest BCUT2D eigenvalue weighted by atomic mass is 127. The van der Waals surface area contributed by atoms with Gasteiger partial charge in [0.25, 0.3) is 5.91 Å². The van der Waals surface area contributed by atoms with Gasteiger partial charge in [0.05, 0.1) is 28.5 Å². The number of nitrogens with zero attached hydrogens (tertiary/aromatic N) is 2. The average molecular weight is 621 g/mol. The molecule has 2 aromatic carbocycles. The van der Waals surface area contributed by atoms with Crippen LogP contribution in [0.3, 0.4) is 0 Å². The van der Waals surface area contributed by atoms with Gasteiger partial charge in [-0.15, -0.1) is 0 Å². The molecule has 11 heteroatoms. The van der Waals surface area contributed by atoms with E-state index in [1.54, 1.807) is 27.8 Å². The molecule has 3 rings (SSSR count). The largest absolute Gasteiger partial charge is 0.444 e. The first kappa shape index (κ1) is 28.0. The second-order valence-electron chi connectivity index (χ2n) is 9.64. The summed E-state index contributed by atoms with van der Waals surface area (Å²) in [7, 11) is 1.62. The van der Waals surface area contributed by atoms with Crippen LogP contribution in [0.5, 0.6) is 0 Å². The second-order valence-corrected chi connectivity index (χ2v) is 10.9. The van der Waals surface area contributed by atoms with E-state index in [-0.39, 0.29) is 17.3 Å². The Morgan fingerprint density at radius 1 is 1.14 bits per heavy atom. The molecule has 0 radical (unpaired) electrons. The molecule has 1 aliphatic rings. The van der Waals surface area contributed by atoms with Crippen molar-refractivity contribution >= 4 is 46.0 Å². The van der Waals surface area contributed by atoms with Crippen molar-refractivity contribution in [2.24, 2.45) is 0 Å². The lowest BCUT2D eigenvalue weighted by molar-refractivity contribution is -0.137.